The lowest BCUT2D eigenvalue weighted by Crippen LogP contribution is -2.47. The number of anilines is 1. The maximum atomic E-state index is 13.2. The second-order valence-corrected chi connectivity index (χ2v) is 10.6. The molecule has 0 bridgehead atoms. The number of hydrogen-bond acceptors (Lipinski definition) is 6. The van der Waals surface area contributed by atoms with Crippen molar-refractivity contribution in [3.63, 3.8) is 0 Å². The summed E-state index contributed by atoms with van der Waals surface area (Å²) in [5.74, 6) is -0.128. The molecule has 192 valence electrons. The average Bonchev–Trinajstić information content (AvgIpc) is 2.91. The van der Waals surface area contributed by atoms with Gasteiger partial charge in [0.2, 0.25) is 0 Å². The van der Waals surface area contributed by atoms with E-state index < -0.39 is 0 Å². The molecule has 0 saturated carbocycles. The number of halogens is 2. The fourth-order valence-electron chi connectivity index (χ4n) is 4.87. The number of benzene rings is 2. The SMILES string of the molecule is CN1CCN(C(=O)c2cccc(CC(=O)c3cc4c(nn3)CCCN4Cc3cc(Cl)ccc3Cl)c2)CC1. The number of rotatable bonds is 6. The Labute approximate surface area is 227 Å². The number of fused-ring (bicyclic) bond motifs is 1. The van der Waals surface area contributed by atoms with E-state index in [0.29, 0.717) is 40.9 Å². The molecule has 1 amide bonds. The third-order valence-electron chi connectivity index (χ3n) is 7.01. The van der Waals surface area contributed by atoms with Crippen LogP contribution in [-0.4, -0.2) is 71.5 Å². The van der Waals surface area contributed by atoms with Crippen molar-refractivity contribution in [3.8, 4) is 0 Å². The van der Waals surface area contributed by atoms with Crippen LogP contribution in [0.5, 0.6) is 0 Å². The summed E-state index contributed by atoms with van der Waals surface area (Å²) in [5, 5.41) is 9.92. The van der Waals surface area contributed by atoms with Gasteiger partial charge in [0.15, 0.2) is 5.78 Å². The Hall–Kier alpha value is -3.00. The molecule has 0 aliphatic carbocycles. The maximum Gasteiger partial charge on any atom is 0.253 e. The summed E-state index contributed by atoms with van der Waals surface area (Å²) < 4.78 is 0. The molecule has 2 aliphatic rings. The number of hydrogen-bond donors (Lipinski definition) is 0. The van der Waals surface area contributed by atoms with Crippen LogP contribution in [0, 0.1) is 0 Å². The molecule has 3 heterocycles. The Kier molecular flexibility index (Phi) is 7.74. The predicted molar refractivity (Wildman–Crippen MR) is 146 cm³/mol. The minimum Gasteiger partial charge on any atom is -0.366 e. The molecular formula is C28H29Cl2N5O2. The Morgan fingerprint density at radius 3 is 2.57 bits per heavy atom. The van der Waals surface area contributed by atoms with Crippen LogP contribution in [0.25, 0.3) is 0 Å². The van der Waals surface area contributed by atoms with Crippen LogP contribution in [0.3, 0.4) is 0 Å². The third-order valence-corrected chi connectivity index (χ3v) is 7.62. The molecule has 1 saturated heterocycles. The van der Waals surface area contributed by atoms with Crippen molar-refractivity contribution in [1.29, 1.82) is 0 Å². The van der Waals surface area contributed by atoms with Gasteiger partial charge >= 0.3 is 0 Å². The minimum absolute atomic E-state index is 0.00582. The second kappa shape index (κ2) is 11.2. The van der Waals surface area contributed by atoms with Crippen molar-refractivity contribution in [2.45, 2.75) is 25.8 Å². The Morgan fingerprint density at radius 1 is 0.946 bits per heavy atom. The highest BCUT2D eigenvalue weighted by atomic mass is 35.5. The maximum absolute atomic E-state index is 13.2. The molecule has 9 heteroatoms. The molecule has 1 aromatic heterocycles. The van der Waals surface area contributed by atoms with Gasteiger partial charge in [-0.1, -0.05) is 35.3 Å². The van der Waals surface area contributed by atoms with Crippen LogP contribution < -0.4 is 4.90 Å². The van der Waals surface area contributed by atoms with Gasteiger partial charge < -0.3 is 14.7 Å². The highest BCUT2D eigenvalue weighted by Gasteiger charge is 2.23. The number of nitrogens with zero attached hydrogens (tertiary/aromatic N) is 5. The lowest BCUT2D eigenvalue weighted by molar-refractivity contribution is 0.0663. The highest BCUT2D eigenvalue weighted by Crippen LogP contribution is 2.30. The predicted octanol–water partition coefficient (Wildman–Crippen LogP) is 4.55. The van der Waals surface area contributed by atoms with Gasteiger partial charge in [-0.15, -0.1) is 5.10 Å². The van der Waals surface area contributed by atoms with Gasteiger partial charge in [0.25, 0.3) is 5.91 Å². The second-order valence-electron chi connectivity index (χ2n) is 9.72. The number of carbonyl (C=O) groups excluding carboxylic acids is 2. The van der Waals surface area contributed by atoms with Gasteiger partial charge in [0, 0.05) is 61.3 Å². The number of Topliss-reactive ketones (excluding diaryl/α,β-unsaturated/α-hetero) is 1. The molecule has 37 heavy (non-hydrogen) atoms. The Balaban J connectivity index is 1.32. The lowest BCUT2D eigenvalue weighted by Gasteiger charge is -2.32. The van der Waals surface area contributed by atoms with Gasteiger partial charge in [-0.2, -0.15) is 5.10 Å². The molecular weight excluding hydrogens is 509 g/mol. The smallest absolute Gasteiger partial charge is 0.253 e. The summed E-state index contributed by atoms with van der Waals surface area (Å²) in [6.45, 7) is 4.54. The summed E-state index contributed by atoms with van der Waals surface area (Å²) >= 11 is 12.6. The molecule has 0 atom stereocenters. The number of aromatic nitrogens is 2. The quantitative estimate of drug-likeness (QED) is 0.429. The van der Waals surface area contributed by atoms with E-state index in [-0.39, 0.29) is 18.1 Å². The summed E-state index contributed by atoms with van der Waals surface area (Å²) in [5.41, 5.74) is 4.41. The molecule has 5 rings (SSSR count). The highest BCUT2D eigenvalue weighted by molar-refractivity contribution is 6.33. The lowest BCUT2D eigenvalue weighted by atomic mass is 10.0. The molecule has 0 radical (unpaired) electrons. The van der Waals surface area contributed by atoms with Crippen molar-refractivity contribution >= 4 is 40.6 Å². The van der Waals surface area contributed by atoms with Gasteiger partial charge in [-0.25, -0.2) is 0 Å². The van der Waals surface area contributed by atoms with E-state index in [9.17, 15) is 9.59 Å². The van der Waals surface area contributed by atoms with E-state index in [0.717, 1.165) is 55.0 Å². The number of amides is 1. The van der Waals surface area contributed by atoms with Crippen molar-refractivity contribution in [2.75, 3.05) is 44.7 Å². The Morgan fingerprint density at radius 2 is 1.76 bits per heavy atom. The van der Waals surface area contributed by atoms with Crippen molar-refractivity contribution < 1.29 is 9.59 Å². The van der Waals surface area contributed by atoms with Gasteiger partial charge in [0.1, 0.15) is 5.69 Å². The summed E-state index contributed by atoms with van der Waals surface area (Å²) in [6, 6.07) is 14.6. The van der Waals surface area contributed by atoms with Gasteiger partial charge in [-0.05, 0) is 67.4 Å². The number of aryl methyl sites for hydroxylation is 1. The van der Waals surface area contributed by atoms with Gasteiger partial charge in [0.05, 0.1) is 11.4 Å². The van der Waals surface area contributed by atoms with Crippen LogP contribution in [0.4, 0.5) is 5.69 Å². The van der Waals surface area contributed by atoms with Crippen LogP contribution in [0.2, 0.25) is 10.0 Å². The monoisotopic (exact) mass is 537 g/mol. The normalized spacial score (nSPS) is 16.0. The summed E-state index contributed by atoms with van der Waals surface area (Å²) in [4.78, 5) is 32.5. The molecule has 0 spiro atoms. The van der Waals surface area contributed by atoms with Crippen LogP contribution in [-0.2, 0) is 19.4 Å². The fraction of sp³-hybridized carbons (Fsp3) is 0.357. The zero-order valence-corrected chi connectivity index (χ0v) is 22.3. The van der Waals surface area contributed by atoms with Gasteiger partial charge in [-0.3, -0.25) is 9.59 Å². The zero-order chi connectivity index (χ0) is 25.9. The molecule has 2 aromatic carbocycles. The average molecular weight is 538 g/mol. The molecule has 1 fully saturated rings. The molecule has 0 N–H and O–H groups in total. The van der Waals surface area contributed by atoms with E-state index in [4.69, 9.17) is 23.2 Å². The number of likely N-dealkylation sites (N-methyl/N-ethyl adjacent to an activating group) is 1. The molecule has 7 nitrogen and oxygen atoms in total. The number of ketones is 1. The first-order chi connectivity index (χ1) is 17.9. The third kappa shape index (κ3) is 5.95. The van der Waals surface area contributed by atoms with Crippen molar-refractivity contribution in [3.05, 3.63) is 86.7 Å². The van der Waals surface area contributed by atoms with Crippen molar-refractivity contribution in [2.24, 2.45) is 0 Å². The standard InChI is InChI=1S/C28H29Cl2N5O2/c1-33-10-12-34(13-11-33)28(37)20-5-2-4-19(14-20)15-27(36)25-17-26-24(31-32-25)6-3-9-35(26)18-21-16-22(29)7-8-23(21)30/h2,4-5,7-8,14,16-17H,3,6,9-13,15,18H2,1H3. The Bertz CT molecular complexity index is 1320. The van der Waals surface area contributed by atoms with Crippen LogP contribution in [0.1, 0.15) is 44.1 Å². The number of piperazine rings is 1. The van der Waals surface area contributed by atoms with Crippen molar-refractivity contribution in [1.82, 2.24) is 20.0 Å². The van der Waals surface area contributed by atoms with E-state index >= 15 is 0 Å². The fourth-order valence-corrected chi connectivity index (χ4v) is 5.24. The molecule has 0 unspecified atom stereocenters. The minimum atomic E-state index is -0.134. The largest absolute Gasteiger partial charge is 0.366 e. The summed E-state index contributed by atoms with van der Waals surface area (Å²) in [6.07, 6.45) is 1.91. The van der Waals surface area contributed by atoms with Crippen LogP contribution >= 0.6 is 23.2 Å². The molecule has 3 aromatic rings. The zero-order valence-electron chi connectivity index (χ0n) is 20.8. The molecule has 2 aliphatic heterocycles. The first-order valence-corrected chi connectivity index (χ1v) is 13.3. The van der Waals surface area contributed by atoms with E-state index in [1.165, 1.54) is 0 Å². The first kappa shape index (κ1) is 25.6. The first-order valence-electron chi connectivity index (χ1n) is 12.5. The summed E-state index contributed by atoms with van der Waals surface area (Å²) in [7, 11) is 2.06. The van der Waals surface area contributed by atoms with E-state index in [1.807, 2.05) is 41.3 Å². The van der Waals surface area contributed by atoms with E-state index in [2.05, 4.69) is 27.0 Å². The van der Waals surface area contributed by atoms with E-state index in [1.54, 1.807) is 12.1 Å². The number of carbonyl (C=O) groups is 2. The topological polar surface area (TPSA) is 69.6 Å². The van der Waals surface area contributed by atoms with Crippen LogP contribution in [0.15, 0.2) is 48.5 Å².